The van der Waals surface area contributed by atoms with Crippen molar-refractivity contribution in [2.24, 2.45) is 7.05 Å². The van der Waals surface area contributed by atoms with Gasteiger partial charge < -0.3 is 4.57 Å². The SMILES string of the molecule is C#Cc1ccc2c(c1)nc(C(F)(F)F)n2C.CC.CC. The molecule has 110 valence electrons. The quantitative estimate of drug-likeness (QED) is 0.645. The second kappa shape index (κ2) is 7.59. The fraction of sp³-hybridized carbons (Fsp3) is 0.400. The summed E-state index contributed by atoms with van der Waals surface area (Å²) in [7, 11) is 1.33. The molecule has 0 unspecified atom stereocenters. The summed E-state index contributed by atoms with van der Waals surface area (Å²) in [6.07, 6.45) is 0.710. The average Bonchev–Trinajstić information content (AvgIpc) is 2.80. The van der Waals surface area contributed by atoms with Crippen LogP contribution >= 0.6 is 0 Å². The summed E-state index contributed by atoms with van der Waals surface area (Å²) in [6.45, 7) is 8.00. The smallest absolute Gasteiger partial charge is 0.323 e. The van der Waals surface area contributed by atoms with Crippen molar-refractivity contribution in [3.63, 3.8) is 0 Å². The number of hydrogen-bond acceptors (Lipinski definition) is 1. The van der Waals surface area contributed by atoms with E-state index >= 15 is 0 Å². The lowest BCUT2D eigenvalue weighted by atomic mass is 10.2. The molecule has 1 aromatic carbocycles. The van der Waals surface area contributed by atoms with E-state index in [2.05, 4.69) is 10.9 Å². The topological polar surface area (TPSA) is 17.8 Å². The van der Waals surface area contributed by atoms with Crippen molar-refractivity contribution in [1.29, 1.82) is 0 Å². The van der Waals surface area contributed by atoms with Gasteiger partial charge in [-0.3, -0.25) is 0 Å². The second-order valence-electron chi connectivity index (χ2n) is 3.34. The highest BCUT2D eigenvalue weighted by molar-refractivity contribution is 5.77. The summed E-state index contributed by atoms with van der Waals surface area (Å²) >= 11 is 0. The molecule has 0 atom stereocenters. The Bertz CT molecular complexity index is 589. The number of hydrogen-bond donors (Lipinski definition) is 0. The van der Waals surface area contributed by atoms with Crippen LogP contribution < -0.4 is 0 Å². The van der Waals surface area contributed by atoms with E-state index in [1.54, 1.807) is 6.07 Å². The molecule has 0 fully saturated rings. The van der Waals surface area contributed by atoms with Crippen molar-refractivity contribution in [1.82, 2.24) is 9.55 Å². The molecule has 5 heteroatoms. The first-order valence-corrected chi connectivity index (χ1v) is 6.44. The normalized spacial score (nSPS) is 9.95. The molecule has 2 rings (SSSR count). The molecule has 0 aliphatic heterocycles. The molecule has 1 heterocycles. The van der Waals surface area contributed by atoms with E-state index in [1.807, 2.05) is 27.7 Å². The van der Waals surface area contributed by atoms with Gasteiger partial charge in [-0.05, 0) is 18.2 Å². The van der Waals surface area contributed by atoms with Crippen LogP contribution in [0.1, 0.15) is 39.1 Å². The molecule has 0 amide bonds. The minimum atomic E-state index is -4.45. The zero-order valence-electron chi connectivity index (χ0n) is 12.3. The van der Waals surface area contributed by atoms with Gasteiger partial charge in [0.25, 0.3) is 0 Å². The molecule has 20 heavy (non-hydrogen) atoms. The number of nitrogens with zero attached hydrogens (tertiary/aromatic N) is 2. The monoisotopic (exact) mass is 284 g/mol. The predicted octanol–water partition coefficient (Wildman–Crippen LogP) is 4.63. The lowest BCUT2D eigenvalue weighted by Gasteiger charge is -2.05. The van der Waals surface area contributed by atoms with Crippen molar-refractivity contribution < 1.29 is 13.2 Å². The van der Waals surface area contributed by atoms with Gasteiger partial charge in [0.05, 0.1) is 11.0 Å². The Kier molecular flexibility index (Phi) is 6.84. The van der Waals surface area contributed by atoms with Crippen LogP contribution in [0, 0.1) is 12.3 Å². The van der Waals surface area contributed by atoms with Crippen molar-refractivity contribution in [2.75, 3.05) is 0 Å². The van der Waals surface area contributed by atoms with Gasteiger partial charge in [0.1, 0.15) is 0 Å². The summed E-state index contributed by atoms with van der Waals surface area (Å²) in [5.74, 6) is 1.44. The molecule has 0 N–H and O–H groups in total. The molecule has 1 aromatic heterocycles. The predicted molar refractivity (Wildman–Crippen MR) is 76.3 cm³/mol. The molecule has 2 aromatic rings. The van der Waals surface area contributed by atoms with E-state index in [-0.39, 0.29) is 5.52 Å². The first-order chi connectivity index (χ1) is 9.43. The molecule has 0 spiro atoms. The lowest BCUT2D eigenvalue weighted by molar-refractivity contribution is -0.146. The Balaban J connectivity index is 0.000000829. The molecule has 2 nitrogen and oxygen atoms in total. The van der Waals surface area contributed by atoms with E-state index in [1.165, 1.54) is 19.2 Å². The van der Waals surface area contributed by atoms with Gasteiger partial charge in [-0.25, -0.2) is 4.98 Å². The van der Waals surface area contributed by atoms with Crippen molar-refractivity contribution >= 4 is 11.0 Å². The third kappa shape index (κ3) is 3.77. The molecular formula is C15H19F3N2. The number of rotatable bonds is 0. The Hall–Kier alpha value is -1.96. The summed E-state index contributed by atoms with van der Waals surface area (Å²) in [5, 5.41) is 0. The number of fused-ring (bicyclic) bond motifs is 1. The molecule has 0 saturated heterocycles. The summed E-state index contributed by atoms with van der Waals surface area (Å²) in [5.41, 5.74) is 1.18. The number of imidazole rings is 1. The van der Waals surface area contributed by atoms with Gasteiger partial charge in [0, 0.05) is 12.6 Å². The zero-order chi connectivity index (χ0) is 15.9. The van der Waals surface area contributed by atoms with Crippen LogP contribution in [-0.2, 0) is 13.2 Å². The van der Waals surface area contributed by atoms with E-state index in [4.69, 9.17) is 6.42 Å². The largest absolute Gasteiger partial charge is 0.449 e. The summed E-state index contributed by atoms with van der Waals surface area (Å²) in [4.78, 5) is 3.53. The maximum Gasteiger partial charge on any atom is 0.449 e. The highest BCUT2D eigenvalue weighted by atomic mass is 19.4. The molecular weight excluding hydrogens is 265 g/mol. The molecule has 0 bridgehead atoms. The third-order valence-electron chi connectivity index (χ3n) is 2.30. The fourth-order valence-corrected chi connectivity index (χ4v) is 1.54. The Morgan fingerprint density at radius 1 is 1.15 bits per heavy atom. The van der Waals surface area contributed by atoms with Crippen LogP contribution in [0.2, 0.25) is 0 Å². The lowest BCUT2D eigenvalue weighted by Crippen LogP contribution is -2.12. The van der Waals surface area contributed by atoms with E-state index in [0.717, 1.165) is 4.57 Å². The number of benzene rings is 1. The molecule has 0 radical (unpaired) electrons. The van der Waals surface area contributed by atoms with Crippen LogP contribution in [0.5, 0.6) is 0 Å². The Morgan fingerprint density at radius 3 is 2.15 bits per heavy atom. The van der Waals surface area contributed by atoms with Gasteiger partial charge in [-0.15, -0.1) is 6.42 Å². The van der Waals surface area contributed by atoms with E-state index in [9.17, 15) is 13.2 Å². The fourth-order valence-electron chi connectivity index (χ4n) is 1.54. The Labute approximate surface area is 117 Å². The number of alkyl halides is 3. The number of halogens is 3. The first-order valence-electron chi connectivity index (χ1n) is 6.44. The standard InChI is InChI=1S/C11H7F3N2.2C2H6/c1-3-7-4-5-9-8(6-7)15-10(16(9)2)11(12,13)14;2*1-2/h1,4-6H,2H3;2*1-2H3. The van der Waals surface area contributed by atoms with Crippen LogP contribution in [0.4, 0.5) is 13.2 Å². The van der Waals surface area contributed by atoms with Crippen LogP contribution in [-0.4, -0.2) is 9.55 Å². The maximum absolute atomic E-state index is 12.5. The highest BCUT2D eigenvalue weighted by Gasteiger charge is 2.36. The second-order valence-corrected chi connectivity index (χ2v) is 3.34. The molecule has 0 aliphatic rings. The van der Waals surface area contributed by atoms with Crippen LogP contribution in [0.25, 0.3) is 11.0 Å². The van der Waals surface area contributed by atoms with Crippen LogP contribution in [0.15, 0.2) is 18.2 Å². The van der Waals surface area contributed by atoms with Gasteiger partial charge in [0.15, 0.2) is 0 Å². The highest BCUT2D eigenvalue weighted by Crippen LogP contribution is 2.30. The number of aryl methyl sites for hydroxylation is 1. The summed E-state index contributed by atoms with van der Waals surface area (Å²) < 4.78 is 38.6. The van der Waals surface area contributed by atoms with E-state index < -0.39 is 12.0 Å². The molecule has 0 aliphatic carbocycles. The average molecular weight is 284 g/mol. The summed E-state index contributed by atoms with van der Waals surface area (Å²) in [6, 6.07) is 4.58. The van der Waals surface area contributed by atoms with Crippen LogP contribution in [0.3, 0.4) is 0 Å². The van der Waals surface area contributed by atoms with Gasteiger partial charge in [-0.1, -0.05) is 33.6 Å². The van der Waals surface area contributed by atoms with Gasteiger partial charge in [-0.2, -0.15) is 13.2 Å². The minimum Gasteiger partial charge on any atom is -0.323 e. The number of aromatic nitrogens is 2. The van der Waals surface area contributed by atoms with Crippen molar-refractivity contribution in [2.45, 2.75) is 33.9 Å². The van der Waals surface area contributed by atoms with Crippen molar-refractivity contribution in [3.8, 4) is 12.3 Å². The maximum atomic E-state index is 12.5. The van der Waals surface area contributed by atoms with Crippen molar-refractivity contribution in [3.05, 3.63) is 29.6 Å². The van der Waals surface area contributed by atoms with E-state index in [0.29, 0.717) is 11.1 Å². The Morgan fingerprint density at radius 2 is 1.70 bits per heavy atom. The number of terminal acetylenes is 1. The van der Waals surface area contributed by atoms with Gasteiger partial charge in [0.2, 0.25) is 5.82 Å². The molecule has 0 saturated carbocycles. The zero-order valence-corrected chi connectivity index (χ0v) is 12.3. The van der Waals surface area contributed by atoms with Gasteiger partial charge >= 0.3 is 6.18 Å². The minimum absolute atomic E-state index is 0.255. The first kappa shape index (κ1) is 18.0. The third-order valence-corrected chi connectivity index (χ3v) is 2.30.